The number of anilines is 1. The second-order valence-electron chi connectivity index (χ2n) is 9.14. The average Bonchev–Trinajstić information content (AvgIpc) is 3.22. The standard InChI is InChI=1S/C26H29N3O6/c1-6-33-21-13-18(22-11-16(2)28-35-22)12-19(14-21)23(24(30)31)29(25(32)34-26(3,4)5)20-9-7-17(15-27)8-10-20/h7-10,12-14,22-23H,6,11H2,1-5H3,(H,30,31). The summed E-state index contributed by atoms with van der Waals surface area (Å²) in [7, 11) is 0. The third kappa shape index (κ3) is 6.29. The first-order valence-corrected chi connectivity index (χ1v) is 11.2. The average molecular weight is 480 g/mol. The van der Waals surface area contributed by atoms with Crippen LogP contribution in [0.3, 0.4) is 0 Å². The zero-order chi connectivity index (χ0) is 25.8. The minimum atomic E-state index is -1.44. The Morgan fingerprint density at radius 2 is 1.94 bits per heavy atom. The molecule has 1 heterocycles. The molecule has 0 bridgehead atoms. The van der Waals surface area contributed by atoms with E-state index in [-0.39, 0.29) is 5.69 Å². The van der Waals surface area contributed by atoms with Crippen molar-refractivity contribution >= 4 is 23.5 Å². The Morgan fingerprint density at radius 3 is 2.46 bits per heavy atom. The Hall–Kier alpha value is -4.06. The van der Waals surface area contributed by atoms with Crippen molar-refractivity contribution in [1.29, 1.82) is 5.26 Å². The topological polar surface area (TPSA) is 121 Å². The van der Waals surface area contributed by atoms with Crippen molar-refractivity contribution in [3.05, 3.63) is 59.2 Å². The first kappa shape index (κ1) is 25.6. The van der Waals surface area contributed by atoms with Crippen LogP contribution in [0.25, 0.3) is 0 Å². The molecule has 9 nitrogen and oxygen atoms in total. The van der Waals surface area contributed by atoms with E-state index >= 15 is 0 Å². The van der Waals surface area contributed by atoms with Gasteiger partial charge in [0.2, 0.25) is 0 Å². The Morgan fingerprint density at radius 1 is 1.26 bits per heavy atom. The van der Waals surface area contributed by atoms with E-state index in [1.165, 1.54) is 24.3 Å². The van der Waals surface area contributed by atoms with E-state index in [4.69, 9.17) is 19.6 Å². The first-order chi connectivity index (χ1) is 16.5. The van der Waals surface area contributed by atoms with Crippen LogP contribution < -0.4 is 9.64 Å². The number of nitrogens with zero attached hydrogens (tertiary/aromatic N) is 3. The lowest BCUT2D eigenvalue weighted by molar-refractivity contribution is -0.138. The van der Waals surface area contributed by atoms with E-state index in [0.29, 0.717) is 35.5 Å². The highest BCUT2D eigenvalue weighted by Gasteiger charge is 2.37. The number of carboxylic acid groups (broad SMARTS) is 1. The maximum absolute atomic E-state index is 13.3. The van der Waals surface area contributed by atoms with Crippen LogP contribution in [-0.2, 0) is 14.4 Å². The van der Waals surface area contributed by atoms with Crippen LogP contribution in [0.1, 0.15) is 69.9 Å². The SMILES string of the molecule is CCOc1cc(C2CC(C)=NO2)cc(C(C(=O)O)N(C(=O)OC(C)(C)C)c2ccc(C#N)cc2)c1. The van der Waals surface area contributed by atoms with E-state index in [2.05, 4.69) is 5.16 Å². The molecule has 0 fully saturated rings. The molecule has 0 aliphatic carbocycles. The molecule has 1 amide bonds. The summed E-state index contributed by atoms with van der Waals surface area (Å²) in [5.41, 5.74) is 1.59. The Labute approximate surface area is 204 Å². The monoisotopic (exact) mass is 479 g/mol. The molecule has 1 aliphatic heterocycles. The van der Waals surface area contributed by atoms with Gasteiger partial charge in [0.05, 0.1) is 24.0 Å². The van der Waals surface area contributed by atoms with Crippen LogP contribution in [0.2, 0.25) is 0 Å². The first-order valence-electron chi connectivity index (χ1n) is 11.2. The molecule has 2 aromatic rings. The predicted octanol–water partition coefficient (Wildman–Crippen LogP) is 5.36. The molecule has 0 saturated heterocycles. The van der Waals surface area contributed by atoms with E-state index in [1.807, 2.05) is 19.9 Å². The van der Waals surface area contributed by atoms with Crippen LogP contribution in [0.4, 0.5) is 10.5 Å². The Kier molecular flexibility index (Phi) is 7.65. The van der Waals surface area contributed by atoms with Gasteiger partial charge in [-0.2, -0.15) is 5.26 Å². The lowest BCUT2D eigenvalue weighted by Gasteiger charge is -2.32. The van der Waals surface area contributed by atoms with Crippen molar-refractivity contribution in [2.75, 3.05) is 11.5 Å². The van der Waals surface area contributed by atoms with Crippen molar-refractivity contribution in [2.45, 2.75) is 58.8 Å². The smallest absolute Gasteiger partial charge is 0.415 e. The van der Waals surface area contributed by atoms with Gasteiger partial charge in [-0.3, -0.25) is 4.90 Å². The summed E-state index contributed by atoms with van der Waals surface area (Å²) in [5.74, 6) is -0.817. The quantitative estimate of drug-likeness (QED) is 0.567. The van der Waals surface area contributed by atoms with Crippen LogP contribution in [0, 0.1) is 11.3 Å². The van der Waals surface area contributed by atoms with Crippen molar-refractivity contribution in [1.82, 2.24) is 0 Å². The minimum Gasteiger partial charge on any atom is -0.494 e. The van der Waals surface area contributed by atoms with Crippen LogP contribution in [-0.4, -0.2) is 35.1 Å². The van der Waals surface area contributed by atoms with Crippen molar-refractivity contribution in [2.24, 2.45) is 5.16 Å². The summed E-state index contributed by atoms with van der Waals surface area (Å²) in [4.78, 5) is 32.6. The molecule has 1 N–H and O–H groups in total. The molecule has 35 heavy (non-hydrogen) atoms. The number of hydrogen-bond donors (Lipinski definition) is 1. The van der Waals surface area contributed by atoms with E-state index in [9.17, 15) is 14.7 Å². The molecule has 2 aromatic carbocycles. The fourth-order valence-electron chi connectivity index (χ4n) is 3.68. The highest BCUT2D eigenvalue weighted by molar-refractivity contribution is 5.96. The summed E-state index contributed by atoms with van der Waals surface area (Å²) >= 11 is 0. The van der Waals surface area contributed by atoms with Gasteiger partial charge in [0, 0.05) is 12.1 Å². The molecule has 2 atom stereocenters. The summed E-state index contributed by atoms with van der Waals surface area (Å²) < 4.78 is 11.3. The highest BCUT2D eigenvalue weighted by Crippen LogP contribution is 2.36. The molecule has 1 aliphatic rings. The lowest BCUT2D eigenvalue weighted by Crippen LogP contribution is -2.42. The molecule has 2 unspecified atom stereocenters. The molecule has 0 saturated carbocycles. The Bertz CT molecular complexity index is 1160. The molecule has 0 radical (unpaired) electrons. The van der Waals surface area contributed by atoms with Gasteiger partial charge < -0.3 is 19.4 Å². The number of carboxylic acids is 1. The molecule has 184 valence electrons. The number of carbonyl (C=O) groups excluding carboxylic acids is 1. The number of aliphatic carboxylic acids is 1. The number of ether oxygens (including phenoxy) is 2. The summed E-state index contributed by atoms with van der Waals surface area (Å²) in [6.45, 7) is 9.14. The molecular weight excluding hydrogens is 450 g/mol. The van der Waals surface area contributed by atoms with Gasteiger partial charge >= 0.3 is 12.1 Å². The zero-order valence-corrected chi connectivity index (χ0v) is 20.4. The van der Waals surface area contributed by atoms with Gasteiger partial charge in [-0.15, -0.1) is 0 Å². The molecular formula is C26H29N3O6. The summed E-state index contributed by atoms with van der Waals surface area (Å²) in [6.07, 6.45) is -0.680. The van der Waals surface area contributed by atoms with Gasteiger partial charge in [-0.1, -0.05) is 5.16 Å². The maximum atomic E-state index is 13.3. The number of carbonyl (C=O) groups is 2. The van der Waals surface area contributed by atoms with Gasteiger partial charge in [0.25, 0.3) is 0 Å². The highest BCUT2D eigenvalue weighted by atomic mass is 16.6. The molecule has 0 spiro atoms. The van der Waals surface area contributed by atoms with E-state index in [0.717, 1.165) is 10.6 Å². The van der Waals surface area contributed by atoms with Crippen molar-refractivity contribution in [3.63, 3.8) is 0 Å². The van der Waals surface area contributed by atoms with Gasteiger partial charge in [-0.05, 0) is 88.2 Å². The third-order valence-electron chi connectivity index (χ3n) is 5.12. The third-order valence-corrected chi connectivity index (χ3v) is 5.12. The van der Waals surface area contributed by atoms with Gasteiger partial charge in [0.15, 0.2) is 12.1 Å². The second kappa shape index (κ2) is 10.5. The molecule has 3 rings (SSSR count). The van der Waals surface area contributed by atoms with E-state index < -0.39 is 29.8 Å². The van der Waals surface area contributed by atoms with Crippen LogP contribution >= 0.6 is 0 Å². The summed E-state index contributed by atoms with van der Waals surface area (Å²) in [6, 6.07) is 11.7. The van der Waals surface area contributed by atoms with Crippen molar-refractivity contribution < 1.29 is 29.0 Å². The normalized spacial score (nSPS) is 15.9. The molecule has 9 heteroatoms. The predicted molar refractivity (Wildman–Crippen MR) is 129 cm³/mol. The zero-order valence-electron chi connectivity index (χ0n) is 20.4. The van der Waals surface area contributed by atoms with Crippen LogP contribution in [0.15, 0.2) is 47.6 Å². The number of oxime groups is 1. The second-order valence-corrected chi connectivity index (χ2v) is 9.14. The number of nitriles is 1. The number of benzene rings is 2. The van der Waals surface area contributed by atoms with E-state index in [1.54, 1.807) is 39.0 Å². The minimum absolute atomic E-state index is 0.269. The fourth-order valence-corrected chi connectivity index (χ4v) is 3.68. The maximum Gasteiger partial charge on any atom is 0.415 e. The van der Waals surface area contributed by atoms with Crippen LogP contribution in [0.5, 0.6) is 5.75 Å². The van der Waals surface area contributed by atoms with Gasteiger partial charge in [-0.25, -0.2) is 9.59 Å². The Balaban J connectivity index is 2.15. The van der Waals surface area contributed by atoms with Gasteiger partial charge in [0.1, 0.15) is 11.4 Å². The number of amides is 1. The largest absolute Gasteiger partial charge is 0.494 e. The summed E-state index contributed by atoms with van der Waals surface area (Å²) in [5, 5.41) is 23.5. The lowest BCUT2D eigenvalue weighted by atomic mass is 9.97. The molecule has 0 aromatic heterocycles. The fraction of sp³-hybridized carbons (Fsp3) is 0.385. The number of hydrogen-bond acceptors (Lipinski definition) is 7. The van der Waals surface area contributed by atoms with Crippen molar-refractivity contribution in [3.8, 4) is 11.8 Å². The number of rotatable bonds is 7.